The lowest BCUT2D eigenvalue weighted by atomic mass is 9.94. The van der Waals surface area contributed by atoms with Crippen molar-refractivity contribution in [1.82, 2.24) is 0 Å². The molecule has 0 aliphatic carbocycles. The fraction of sp³-hybridized carbons (Fsp3) is 0.762. The zero-order valence-corrected chi connectivity index (χ0v) is 22.1. The lowest BCUT2D eigenvalue weighted by Gasteiger charge is -2.43. The van der Waals surface area contributed by atoms with Crippen LogP contribution in [0.3, 0.4) is 0 Å². The number of hydrogen-bond donors (Lipinski definition) is 0. The molecule has 0 radical (unpaired) electrons. The molecule has 0 aromatic heterocycles. The molecule has 1 saturated heterocycles. The molecule has 1 fully saturated rings. The van der Waals surface area contributed by atoms with Crippen molar-refractivity contribution < 1.29 is 52.3 Å². The highest BCUT2D eigenvalue weighted by molar-refractivity contribution is 6.73. The van der Waals surface area contributed by atoms with Gasteiger partial charge in [0.1, 0.15) is 12.7 Å². The van der Waals surface area contributed by atoms with Crippen molar-refractivity contribution in [2.75, 3.05) is 6.61 Å². The van der Waals surface area contributed by atoms with Crippen molar-refractivity contribution in [3.05, 3.63) is 5.21 Å². The summed E-state index contributed by atoms with van der Waals surface area (Å²) in [5.74, 6) is -2.90. The largest absolute Gasteiger partial charge is 0.463 e. The Labute approximate surface area is 200 Å². The summed E-state index contributed by atoms with van der Waals surface area (Å²) < 4.78 is 32.5. The average Bonchev–Trinajstić information content (AvgIpc) is 2.62. The number of carbonyl (C=O) groups is 4. The topological polar surface area (TPSA) is 150 Å². The van der Waals surface area contributed by atoms with Crippen LogP contribution in [0.5, 0.6) is 0 Å². The first kappa shape index (κ1) is 29.4. The Balaban J connectivity index is 3.47. The molecule has 0 aromatic rings. The van der Waals surface area contributed by atoms with E-state index in [1.807, 2.05) is 33.9 Å². The highest BCUT2D eigenvalue weighted by atomic mass is 28.4. The van der Waals surface area contributed by atoms with Crippen molar-refractivity contribution >= 4 is 38.4 Å². The van der Waals surface area contributed by atoms with Crippen LogP contribution in [0.15, 0.2) is 0 Å². The summed E-state index contributed by atoms with van der Waals surface area (Å²) in [5, 5.41) is 12.5. The number of rotatable bonds is 8. The van der Waals surface area contributed by atoms with Gasteiger partial charge in [0, 0.05) is 32.6 Å². The molecule has 0 bridgehead atoms. The van der Waals surface area contributed by atoms with Crippen LogP contribution in [0.1, 0.15) is 48.5 Å². The summed E-state index contributed by atoms with van der Waals surface area (Å²) >= 11 is 0. The third kappa shape index (κ3) is 8.59. The fourth-order valence-electron chi connectivity index (χ4n) is 2.89. The second kappa shape index (κ2) is 11.6. The van der Waals surface area contributed by atoms with Gasteiger partial charge in [0.2, 0.25) is 6.21 Å². The maximum atomic E-state index is 12.7. The fourth-order valence-corrected chi connectivity index (χ4v) is 3.68. The highest BCUT2D eigenvalue weighted by Gasteiger charge is 2.53. The maximum Gasteiger partial charge on any atom is 0.303 e. The van der Waals surface area contributed by atoms with E-state index in [9.17, 15) is 24.4 Å². The highest BCUT2D eigenvalue weighted by Crippen LogP contribution is 2.36. The number of carbonyl (C=O) groups excluding carboxylic acids is 4. The van der Waals surface area contributed by atoms with Crippen LogP contribution < -0.4 is 0 Å². The molecule has 5 atom stereocenters. The van der Waals surface area contributed by atoms with Crippen molar-refractivity contribution in [3.63, 3.8) is 0 Å². The average molecular weight is 506 g/mol. The van der Waals surface area contributed by atoms with Crippen LogP contribution >= 0.6 is 0 Å². The van der Waals surface area contributed by atoms with Gasteiger partial charge in [-0.2, -0.15) is 0 Å². The number of hydrogen-bond acceptors (Lipinski definition) is 11. The minimum Gasteiger partial charge on any atom is -0.463 e. The van der Waals surface area contributed by atoms with Crippen molar-refractivity contribution in [2.45, 2.75) is 97.1 Å². The van der Waals surface area contributed by atoms with Crippen LogP contribution in [-0.4, -0.2) is 80.4 Å². The van der Waals surface area contributed by atoms with Crippen molar-refractivity contribution in [2.24, 2.45) is 0 Å². The van der Waals surface area contributed by atoms with Gasteiger partial charge in [-0.1, -0.05) is 33.9 Å². The van der Waals surface area contributed by atoms with Crippen LogP contribution in [0.4, 0.5) is 0 Å². The summed E-state index contributed by atoms with van der Waals surface area (Å²) in [6, 6.07) is 0. The molecule has 0 aromatic carbocycles. The standard InChI is InChI=1S/C21H35NO11Si/c1-12(23)28-11-17-19(30-14(3)25)20(31-15(4)26)18(29-13(2)24)16(32-17)10-22(27)33-34(8,9)21(5,6)7/h10,16-20H,11H2,1-9H3/b22-10+/t16-,17+,18-,19+,20+/m0/s1. The van der Waals surface area contributed by atoms with Crippen LogP contribution in [0, 0.1) is 5.21 Å². The van der Waals surface area contributed by atoms with E-state index < -0.39 is 62.7 Å². The predicted octanol–water partition coefficient (Wildman–Crippen LogP) is 1.63. The van der Waals surface area contributed by atoms with E-state index in [2.05, 4.69) is 0 Å². The Morgan fingerprint density at radius 2 is 1.35 bits per heavy atom. The molecular weight excluding hydrogens is 470 g/mol. The third-order valence-corrected chi connectivity index (χ3v) is 9.67. The van der Waals surface area contributed by atoms with Gasteiger partial charge in [-0.15, -0.1) is 0 Å². The van der Waals surface area contributed by atoms with Gasteiger partial charge in [-0.05, 0) is 5.04 Å². The molecule has 194 valence electrons. The molecule has 0 unspecified atom stereocenters. The van der Waals surface area contributed by atoms with E-state index in [0.717, 1.165) is 27.0 Å². The molecule has 1 aliphatic rings. The molecule has 0 saturated carbocycles. The van der Waals surface area contributed by atoms with Gasteiger partial charge in [0.25, 0.3) is 0 Å². The van der Waals surface area contributed by atoms with E-state index in [4.69, 9.17) is 28.2 Å². The molecule has 0 amide bonds. The zero-order chi connectivity index (χ0) is 26.4. The number of esters is 4. The molecule has 1 aliphatic heterocycles. The quantitative estimate of drug-likeness (QED) is 0.118. The van der Waals surface area contributed by atoms with E-state index in [-0.39, 0.29) is 16.5 Å². The molecule has 0 N–H and O–H groups in total. The summed E-state index contributed by atoms with van der Waals surface area (Å²) in [5.41, 5.74) is 0. The van der Waals surface area contributed by atoms with Crippen molar-refractivity contribution in [1.29, 1.82) is 0 Å². The van der Waals surface area contributed by atoms with E-state index in [1.165, 1.54) is 6.92 Å². The minimum atomic E-state index is -2.54. The Bertz CT molecular complexity index is 805. The minimum absolute atomic E-state index is 0.235. The third-order valence-electron chi connectivity index (χ3n) is 5.42. The summed E-state index contributed by atoms with van der Waals surface area (Å²) in [6.45, 7) is 13.7. The zero-order valence-electron chi connectivity index (χ0n) is 21.1. The first-order valence-electron chi connectivity index (χ1n) is 10.8. The molecule has 1 rings (SSSR count). The Kier molecular flexibility index (Phi) is 10.1. The molecular formula is C21H35NO11Si. The maximum absolute atomic E-state index is 12.7. The Morgan fingerprint density at radius 1 is 0.882 bits per heavy atom. The number of nitrogens with zero attached hydrogens (tertiary/aromatic N) is 1. The van der Waals surface area contributed by atoms with Gasteiger partial charge in [-0.3, -0.25) is 24.4 Å². The van der Waals surface area contributed by atoms with Gasteiger partial charge >= 0.3 is 23.9 Å². The lowest BCUT2D eigenvalue weighted by Crippen LogP contribution is -2.63. The summed E-state index contributed by atoms with van der Waals surface area (Å²) in [6.07, 6.45) is -5.46. The molecule has 13 heteroatoms. The van der Waals surface area contributed by atoms with Gasteiger partial charge in [0.15, 0.2) is 32.7 Å². The van der Waals surface area contributed by atoms with Crippen LogP contribution in [-0.2, 0) is 47.4 Å². The second-order valence-corrected chi connectivity index (χ2v) is 14.2. The number of ether oxygens (including phenoxy) is 5. The van der Waals surface area contributed by atoms with Crippen LogP contribution in [0.2, 0.25) is 18.1 Å². The Hall–Kier alpha value is -2.67. The van der Waals surface area contributed by atoms with Gasteiger partial charge < -0.3 is 28.2 Å². The first-order valence-corrected chi connectivity index (χ1v) is 13.7. The van der Waals surface area contributed by atoms with E-state index in [1.54, 1.807) is 0 Å². The van der Waals surface area contributed by atoms with Gasteiger partial charge in [-0.25, -0.2) is 0 Å². The molecule has 1 heterocycles. The Morgan fingerprint density at radius 3 is 1.79 bits per heavy atom. The van der Waals surface area contributed by atoms with E-state index >= 15 is 0 Å². The second-order valence-electron chi connectivity index (χ2n) is 9.45. The lowest BCUT2D eigenvalue weighted by molar-refractivity contribution is -0.703. The van der Waals surface area contributed by atoms with E-state index in [0.29, 0.717) is 0 Å². The van der Waals surface area contributed by atoms with Crippen LogP contribution in [0.25, 0.3) is 0 Å². The van der Waals surface area contributed by atoms with Gasteiger partial charge in [0.05, 0.1) is 0 Å². The monoisotopic (exact) mass is 505 g/mol. The molecule has 0 spiro atoms. The molecule has 12 nitrogen and oxygen atoms in total. The summed E-state index contributed by atoms with van der Waals surface area (Å²) in [7, 11) is -2.54. The normalized spacial score (nSPS) is 25.7. The predicted molar refractivity (Wildman–Crippen MR) is 120 cm³/mol. The SMILES string of the molecule is CC(=O)OC[C@H]1O[C@@H](/C=[N+](\[O-])O[Si](C)(C)C(C)(C)C)[C@H](OC(C)=O)[C@@H](OC(C)=O)[C@@H]1OC(C)=O. The molecule has 34 heavy (non-hydrogen) atoms. The summed E-state index contributed by atoms with van der Waals surface area (Å²) in [4.78, 5) is 47.0. The van der Waals surface area contributed by atoms with Crippen molar-refractivity contribution in [3.8, 4) is 0 Å². The smallest absolute Gasteiger partial charge is 0.303 e. The first-order chi connectivity index (χ1) is 15.4.